The lowest BCUT2D eigenvalue weighted by atomic mass is 10.1. The highest BCUT2D eigenvalue weighted by molar-refractivity contribution is 6.33. The van der Waals surface area contributed by atoms with Gasteiger partial charge < -0.3 is 29.3 Å². The zero-order valence-electron chi connectivity index (χ0n) is 18.5. The van der Waals surface area contributed by atoms with Crippen molar-refractivity contribution in [3.63, 3.8) is 0 Å². The number of fused-ring (bicyclic) bond motifs is 1. The Labute approximate surface area is 197 Å². The number of hydrogen-bond acceptors (Lipinski definition) is 8. The highest BCUT2D eigenvalue weighted by atomic mass is 35.5. The third kappa shape index (κ3) is 4.62. The van der Waals surface area contributed by atoms with Gasteiger partial charge in [0.1, 0.15) is 17.1 Å². The van der Waals surface area contributed by atoms with Gasteiger partial charge in [0.2, 0.25) is 0 Å². The average molecular weight is 472 g/mol. The van der Waals surface area contributed by atoms with Gasteiger partial charge in [-0.2, -0.15) is 0 Å². The number of benzene rings is 3. The van der Waals surface area contributed by atoms with E-state index in [0.717, 1.165) is 5.39 Å². The summed E-state index contributed by atoms with van der Waals surface area (Å²) in [6, 6.07) is 10.5. The van der Waals surface area contributed by atoms with E-state index in [1.165, 1.54) is 6.07 Å². The molecule has 0 amide bonds. The number of halogens is 1. The van der Waals surface area contributed by atoms with Crippen LogP contribution in [0.15, 0.2) is 46.6 Å². The number of morpholine rings is 1. The molecule has 0 bridgehead atoms. The van der Waals surface area contributed by atoms with Gasteiger partial charge in [0.05, 0.1) is 31.5 Å². The number of rotatable bonds is 7. The van der Waals surface area contributed by atoms with E-state index >= 15 is 0 Å². The molecule has 1 fully saturated rings. The smallest absolute Gasteiger partial charge is 0.186 e. The fourth-order valence-corrected chi connectivity index (χ4v) is 4.07. The molecule has 0 unspecified atom stereocenters. The predicted molar refractivity (Wildman–Crippen MR) is 128 cm³/mol. The third-order valence-corrected chi connectivity index (χ3v) is 5.57. The van der Waals surface area contributed by atoms with E-state index in [4.69, 9.17) is 25.8 Å². The maximum Gasteiger partial charge on any atom is 0.186 e. The number of phenolic OH excluding ortho intramolecular Hbond substituents is 2. The summed E-state index contributed by atoms with van der Waals surface area (Å²) in [5, 5.41) is 31.3. The first-order valence-electron chi connectivity index (χ1n) is 10.8. The van der Waals surface area contributed by atoms with Crippen LogP contribution in [-0.4, -0.2) is 49.7 Å². The first-order valence-corrected chi connectivity index (χ1v) is 11.2. The van der Waals surface area contributed by atoms with Gasteiger partial charge in [0, 0.05) is 24.5 Å². The molecule has 0 aliphatic carbocycles. The van der Waals surface area contributed by atoms with E-state index in [0.29, 0.717) is 72.8 Å². The van der Waals surface area contributed by atoms with Crippen LogP contribution in [0, 0.1) is 0 Å². The fourth-order valence-electron chi connectivity index (χ4n) is 3.82. The molecule has 9 heteroatoms. The summed E-state index contributed by atoms with van der Waals surface area (Å²) in [6.07, 6.45) is 0. The van der Waals surface area contributed by atoms with Crippen LogP contribution in [-0.2, 0) is 4.74 Å². The zero-order valence-corrected chi connectivity index (χ0v) is 19.3. The summed E-state index contributed by atoms with van der Waals surface area (Å²) < 4.78 is 17.3. The predicted octanol–water partition coefficient (Wildman–Crippen LogP) is 5.95. The molecule has 1 heterocycles. The first kappa shape index (κ1) is 22.9. The summed E-state index contributed by atoms with van der Waals surface area (Å²) in [6.45, 7) is 6.96. The highest BCUT2D eigenvalue weighted by Gasteiger charge is 2.26. The number of hydrogen-bond donors (Lipinski definition) is 2. The normalized spacial score (nSPS) is 14.2. The number of azo groups is 1. The molecule has 3 aromatic rings. The number of anilines is 1. The first-order chi connectivity index (χ1) is 16.0. The molecule has 1 aliphatic heterocycles. The van der Waals surface area contributed by atoms with Gasteiger partial charge in [-0.05, 0) is 25.3 Å². The maximum atomic E-state index is 10.5. The highest BCUT2D eigenvalue weighted by Crippen LogP contribution is 2.51. The van der Waals surface area contributed by atoms with Crippen LogP contribution in [0.4, 0.5) is 17.1 Å². The molecule has 0 atom stereocenters. The van der Waals surface area contributed by atoms with Gasteiger partial charge in [-0.1, -0.05) is 35.9 Å². The lowest BCUT2D eigenvalue weighted by Gasteiger charge is -2.31. The van der Waals surface area contributed by atoms with Crippen molar-refractivity contribution in [3.8, 4) is 23.0 Å². The Morgan fingerprint density at radius 2 is 1.70 bits per heavy atom. The van der Waals surface area contributed by atoms with E-state index in [2.05, 4.69) is 15.1 Å². The minimum Gasteiger partial charge on any atom is -0.504 e. The SMILES string of the molecule is CCOc1cc(Cl)c(OCC)c(N=Nc2c(O)c(O)cc3ccccc23)c1N1CCOCC1. The van der Waals surface area contributed by atoms with Crippen molar-refractivity contribution in [1.29, 1.82) is 0 Å². The third-order valence-electron chi connectivity index (χ3n) is 5.29. The molecule has 2 N–H and O–H groups in total. The van der Waals surface area contributed by atoms with Crippen LogP contribution in [0.5, 0.6) is 23.0 Å². The van der Waals surface area contributed by atoms with Crippen LogP contribution in [0.2, 0.25) is 5.02 Å². The summed E-state index contributed by atoms with van der Waals surface area (Å²) in [4.78, 5) is 2.10. The van der Waals surface area contributed by atoms with Gasteiger partial charge in [-0.3, -0.25) is 0 Å². The lowest BCUT2D eigenvalue weighted by Crippen LogP contribution is -2.36. The Kier molecular flexibility index (Phi) is 7.05. The monoisotopic (exact) mass is 471 g/mol. The van der Waals surface area contributed by atoms with E-state index in [1.54, 1.807) is 12.1 Å². The summed E-state index contributed by atoms with van der Waals surface area (Å²) >= 11 is 6.55. The fraction of sp³-hybridized carbons (Fsp3) is 0.333. The molecular formula is C24H26ClN3O5. The zero-order chi connectivity index (χ0) is 23.4. The molecule has 0 radical (unpaired) electrons. The van der Waals surface area contributed by atoms with Crippen LogP contribution in [0.3, 0.4) is 0 Å². The molecule has 0 spiro atoms. The molecule has 1 saturated heterocycles. The van der Waals surface area contributed by atoms with Crippen LogP contribution in [0.1, 0.15) is 13.8 Å². The summed E-state index contributed by atoms with van der Waals surface area (Å²) in [5.41, 5.74) is 1.24. The Balaban J connectivity index is 1.93. The van der Waals surface area contributed by atoms with Crippen molar-refractivity contribution in [1.82, 2.24) is 0 Å². The Bertz CT molecular complexity index is 1180. The van der Waals surface area contributed by atoms with Crippen molar-refractivity contribution in [2.45, 2.75) is 13.8 Å². The quantitative estimate of drug-likeness (QED) is 0.326. The number of phenols is 2. The van der Waals surface area contributed by atoms with Crippen LogP contribution < -0.4 is 14.4 Å². The van der Waals surface area contributed by atoms with Gasteiger partial charge in [0.15, 0.2) is 22.9 Å². The Morgan fingerprint density at radius 3 is 2.42 bits per heavy atom. The van der Waals surface area contributed by atoms with E-state index < -0.39 is 0 Å². The van der Waals surface area contributed by atoms with E-state index in [9.17, 15) is 10.2 Å². The van der Waals surface area contributed by atoms with E-state index in [-0.39, 0.29) is 17.2 Å². The van der Waals surface area contributed by atoms with Crippen LogP contribution in [0.25, 0.3) is 10.8 Å². The molecule has 8 nitrogen and oxygen atoms in total. The van der Waals surface area contributed by atoms with Gasteiger partial charge in [-0.15, -0.1) is 10.2 Å². The topological polar surface area (TPSA) is 96.1 Å². The maximum absolute atomic E-state index is 10.5. The molecule has 174 valence electrons. The second-order valence-electron chi connectivity index (χ2n) is 7.36. The molecule has 0 saturated carbocycles. The van der Waals surface area contributed by atoms with Crippen LogP contribution >= 0.6 is 11.6 Å². The van der Waals surface area contributed by atoms with Gasteiger partial charge in [0.25, 0.3) is 0 Å². The number of aromatic hydroxyl groups is 2. The average Bonchev–Trinajstić information content (AvgIpc) is 2.82. The molecule has 3 aromatic carbocycles. The van der Waals surface area contributed by atoms with Crippen molar-refractivity contribution < 1.29 is 24.4 Å². The van der Waals surface area contributed by atoms with Crippen molar-refractivity contribution in [2.24, 2.45) is 10.2 Å². The van der Waals surface area contributed by atoms with Crippen molar-refractivity contribution >= 4 is 39.4 Å². The minimum atomic E-state index is -0.351. The van der Waals surface area contributed by atoms with Gasteiger partial charge in [-0.25, -0.2) is 0 Å². The minimum absolute atomic E-state index is 0.152. The second kappa shape index (κ2) is 10.1. The second-order valence-corrected chi connectivity index (χ2v) is 7.77. The Hall–Kier alpha value is -3.23. The Morgan fingerprint density at radius 1 is 1.00 bits per heavy atom. The van der Waals surface area contributed by atoms with Crippen molar-refractivity contribution in [3.05, 3.63) is 41.4 Å². The number of ether oxygens (including phenoxy) is 3. The van der Waals surface area contributed by atoms with E-state index in [1.807, 2.05) is 32.0 Å². The standard InChI is InChI=1S/C24H26ClN3O5/c1-3-32-19-14-17(25)24(33-4-2)21(22(19)28-9-11-31-12-10-28)27-26-20-16-8-6-5-7-15(16)13-18(29)23(20)30/h5-8,13-14,29-30H,3-4,9-12H2,1-2H3. The lowest BCUT2D eigenvalue weighted by molar-refractivity contribution is 0.122. The largest absolute Gasteiger partial charge is 0.504 e. The summed E-state index contributed by atoms with van der Waals surface area (Å²) in [5.74, 6) is 0.307. The molecule has 33 heavy (non-hydrogen) atoms. The van der Waals surface area contributed by atoms with Crippen molar-refractivity contribution in [2.75, 3.05) is 44.4 Å². The molecule has 4 rings (SSSR count). The van der Waals surface area contributed by atoms with Gasteiger partial charge >= 0.3 is 0 Å². The molecule has 1 aliphatic rings. The molecule has 0 aromatic heterocycles. The summed E-state index contributed by atoms with van der Waals surface area (Å²) in [7, 11) is 0. The molecular weight excluding hydrogens is 446 g/mol. The number of nitrogens with zero attached hydrogens (tertiary/aromatic N) is 3.